The number of hydrogen-bond donors (Lipinski definition) is 2. The van der Waals surface area contributed by atoms with Crippen molar-refractivity contribution in [1.29, 1.82) is 0 Å². The van der Waals surface area contributed by atoms with E-state index in [2.05, 4.69) is 36.5 Å². The van der Waals surface area contributed by atoms with Crippen LogP contribution in [0.1, 0.15) is 31.9 Å². The lowest BCUT2D eigenvalue weighted by molar-refractivity contribution is 0.0532. The van der Waals surface area contributed by atoms with Crippen LogP contribution in [0.4, 0.5) is 4.79 Å². The van der Waals surface area contributed by atoms with Gasteiger partial charge in [-0.1, -0.05) is 31.2 Å². The summed E-state index contributed by atoms with van der Waals surface area (Å²) in [5, 5.41) is 12.5. The van der Waals surface area contributed by atoms with E-state index in [0.717, 1.165) is 12.8 Å². The number of rotatable bonds is 6. The van der Waals surface area contributed by atoms with Crippen molar-refractivity contribution in [2.75, 3.05) is 20.1 Å². The summed E-state index contributed by atoms with van der Waals surface area (Å²) in [5.41, 5.74) is 1.66. The lowest BCUT2D eigenvalue weighted by atomic mass is 10.1. The molecule has 1 aromatic carbocycles. The lowest BCUT2D eigenvalue weighted by Crippen LogP contribution is -2.45. The van der Waals surface area contributed by atoms with E-state index in [4.69, 9.17) is 0 Å². The average Bonchev–Trinajstić information content (AvgIpc) is 2.37. The normalized spacial score (nSPS) is 11.2. The second-order valence-electron chi connectivity index (χ2n) is 5.82. The highest BCUT2D eigenvalue weighted by Gasteiger charge is 2.18. The van der Waals surface area contributed by atoms with Crippen LogP contribution in [-0.4, -0.2) is 41.8 Å². The summed E-state index contributed by atoms with van der Waals surface area (Å²) in [5.74, 6) is 0. The summed E-state index contributed by atoms with van der Waals surface area (Å²) in [6, 6.07) is 8.30. The van der Waals surface area contributed by atoms with E-state index in [-0.39, 0.29) is 6.03 Å². The predicted octanol–water partition coefficient (Wildman–Crippen LogP) is 2.20. The van der Waals surface area contributed by atoms with E-state index in [1.165, 1.54) is 16.0 Å². The highest BCUT2D eigenvalue weighted by molar-refractivity contribution is 5.73. The maximum atomic E-state index is 11.8. The molecule has 0 aromatic heterocycles. The van der Waals surface area contributed by atoms with E-state index >= 15 is 0 Å². The molecule has 2 N–H and O–H groups in total. The molecule has 0 radical (unpaired) electrons. The lowest BCUT2D eigenvalue weighted by Gasteiger charge is -2.25. The number of nitrogens with zero attached hydrogens (tertiary/aromatic N) is 1. The molecule has 0 heterocycles. The van der Waals surface area contributed by atoms with Crippen LogP contribution in [0.3, 0.4) is 0 Å². The number of carbonyl (C=O) groups excluding carboxylic acids is 1. The number of carbonyl (C=O) groups is 1. The molecule has 1 aromatic rings. The second kappa shape index (κ2) is 7.29. The Bertz CT molecular complexity index is 421. The van der Waals surface area contributed by atoms with Crippen LogP contribution in [0, 0.1) is 0 Å². The molecule has 1 rings (SSSR count). The van der Waals surface area contributed by atoms with Crippen molar-refractivity contribution in [1.82, 2.24) is 10.2 Å². The fraction of sp³-hybridized carbons (Fsp3) is 0.562. The van der Waals surface area contributed by atoms with Crippen molar-refractivity contribution in [3.8, 4) is 0 Å². The van der Waals surface area contributed by atoms with Gasteiger partial charge in [0, 0.05) is 13.6 Å². The first-order valence-electron chi connectivity index (χ1n) is 7.11. The molecule has 2 amide bonds. The SMILES string of the molecule is CCc1ccc(CCNC(=O)N(C)CC(C)(C)O)cc1. The van der Waals surface area contributed by atoms with Gasteiger partial charge >= 0.3 is 6.03 Å². The number of likely N-dealkylation sites (N-methyl/N-ethyl adjacent to an activating group) is 1. The zero-order valence-corrected chi connectivity index (χ0v) is 12.9. The molecule has 0 saturated heterocycles. The first-order chi connectivity index (χ1) is 9.31. The number of urea groups is 1. The van der Waals surface area contributed by atoms with Gasteiger partial charge in [-0.05, 0) is 37.8 Å². The van der Waals surface area contributed by atoms with E-state index in [1.54, 1.807) is 20.9 Å². The Morgan fingerprint density at radius 2 is 1.80 bits per heavy atom. The standard InChI is InChI=1S/C16H26N2O2/c1-5-13-6-8-14(9-7-13)10-11-17-15(19)18(4)12-16(2,3)20/h6-9,20H,5,10-12H2,1-4H3,(H,17,19). The summed E-state index contributed by atoms with van der Waals surface area (Å²) < 4.78 is 0. The summed E-state index contributed by atoms with van der Waals surface area (Å²) in [7, 11) is 1.68. The number of amides is 2. The van der Waals surface area contributed by atoms with Gasteiger partial charge in [0.05, 0.1) is 12.1 Å². The maximum absolute atomic E-state index is 11.8. The third kappa shape index (κ3) is 6.06. The Balaban J connectivity index is 2.34. The molecule has 0 saturated carbocycles. The molecule has 0 atom stereocenters. The van der Waals surface area contributed by atoms with E-state index in [0.29, 0.717) is 13.1 Å². The second-order valence-corrected chi connectivity index (χ2v) is 5.82. The molecule has 0 fully saturated rings. The maximum Gasteiger partial charge on any atom is 0.317 e. The smallest absolute Gasteiger partial charge is 0.317 e. The van der Waals surface area contributed by atoms with Gasteiger partial charge in [-0.15, -0.1) is 0 Å². The van der Waals surface area contributed by atoms with Crippen LogP contribution in [0.25, 0.3) is 0 Å². The zero-order chi connectivity index (χ0) is 15.2. The van der Waals surface area contributed by atoms with Crippen molar-refractivity contribution < 1.29 is 9.90 Å². The number of aryl methyl sites for hydroxylation is 1. The van der Waals surface area contributed by atoms with Crippen molar-refractivity contribution in [3.63, 3.8) is 0 Å². The molecule has 0 aliphatic rings. The summed E-state index contributed by atoms with van der Waals surface area (Å²) in [4.78, 5) is 13.3. The fourth-order valence-electron chi connectivity index (χ4n) is 2.04. The van der Waals surface area contributed by atoms with Crippen molar-refractivity contribution in [2.24, 2.45) is 0 Å². The van der Waals surface area contributed by atoms with E-state index in [1.807, 2.05) is 0 Å². The van der Waals surface area contributed by atoms with E-state index < -0.39 is 5.60 Å². The van der Waals surface area contributed by atoms with Crippen LogP contribution in [0.5, 0.6) is 0 Å². The highest BCUT2D eigenvalue weighted by atomic mass is 16.3. The van der Waals surface area contributed by atoms with Gasteiger partial charge in [-0.3, -0.25) is 0 Å². The largest absolute Gasteiger partial charge is 0.389 e. The average molecular weight is 278 g/mol. The first-order valence-corrected chi connectivity index (χ1v) is 7.11. The number of aliphatic hydroxyl groups is 1. The Kier molecular flexibility index (Phi) is 6.02. The Hall–Kier alpha value is -1.55. The van der Waals surface area contributed by atoms with Gasteiger partial charge in [-0.2, -0.15) is 0 Å². The molecular weight excluding hydrogens is 252 g/mol. The molecule has 0 unspecified atom stereocenters. The van der Waals surface area contributed by atoms with Gasteiger partial charge in [0.15, 0.2) is 0 Å². The van der Waals surface area contributed by atoms with Gasteiger partial charge in [0.1, 0.15) is 0 Å². The summed E-state index contributed by atoms with van der Waals surface area (Å²) in [6.07, 6.45) is 1.85. The Morgan fingerprint density at radius 3 is 2.30 bits per heavy atom. The summed E-state index contributed by atoms with van der Waals surface area (Å²) in [6.45, 7) is 6.41. The third-order valence-corrected chi connectivity index (χ3v) is 3.09. The molecule has 0 spiro atoms. The predicted molar refractivity (Wildman–Crippen MR) is 81.9 cm³/mol. The molecule has 4 heteroatoms. The van der Waals surface area contributed by atoms with Gasteiger partial charge in [0.25, 0.3) is 0 Å². The molecule has 112 valence electrons. The van der Waals surface area contributed by atoms with Gasteiger partial charge < -0.3 is 15.3 Å². The highest BCUT2D eigenvalue weighted by Crippen LogP contribution is 2.06. The van der Waals surface area contributed by atoms with Gasteiger partial charge in [0.2, 0.25) is 0 Å². The monoisotopic (exact) mass is 278 g/mol. The molecular formula is C16H26N2O2. The van der Waals surface area contributed by atoms with Gasteiger partial charge in [-0.25, -0.2) is 4.79 Å². The zero-order valence-electron chi connectivity index (χ0n) is 12.9. The molecule has 0 bridgehead atoms. The minimum atomic E-state index is -0.873. The van der Waals surface area contributed by atoms with Crippen LogP contribution in [0.2, 0.25) is 0 Å². The van der Waals surface area contributed by atoms with Crippen molar-refractivity contribution in [2.45, 2.75) is 39.2 Å². The first kappa shape index (κ1) is 16.5. The van der Waals surface area contributed by atoms with Crippen LogP contribution < -0.4 is 5.32 Å². The third-order valence-electron chi connectivity index (χ3n) is 3.09. The van der Waals surface area contributed by atoms with E-state index in [9.17, 15) is 9.90 Å². The molecule has 0 aliphatic heterocycles. The van der Waals surface area contributed by atoms with Crippen LogP contribution in [-0.2, 0) is 12.8 Å². The molecule has 20 heavy (non-hydrogen) atoms. The quantitative estimate of drug-likeness (QED) is 0.838. The van der Waals surface area contributed by atoms with Crippen molar-refractivity contribution >= 4 is 6.03 Å². The van der Waals surface area contributed by atoms with Crippen LogP contribution in [0.15, 0.2) is 24.3 Å². The van der Waals surface area contributed by atoms with Crippen molar-refractivity contribution in [3.05, 3.63) is 35.4 Å². The molecule has 4 nitrogen and oxygen atoms in total. The fourth-order valence-corrected chi connectivity index (χ4v) is 2.04. The minimum Gasteiger partial charge on any atom is -0.389 e. The Morgan fingerprint density at radius 1 is 1.25 bits per heavy atom. The Labute approximate surface area is 121 Å². The number of hydrogen-bond acceptors (Lipinski definition) is 2. The summed E-state index contributed by atoms with van der Waals surface area (Å²) >= 11 is 0. The number of benzene rings is 1. The van der Waals surface area contributed by atoms with Crippen LogP contribution >= 0.6 is 0 Å². The minimum absolute atomic E-state index is 0.155. The molecule has 0 aliphatic carbocycles. The number of nitrogens with one attached hydrogen (secondary N) is 1. The topological polar surface area (TPSA) is 52.6 Å².